The van der Waals surface area contributed by atoms with Crippen LogP contribution in [0.2, 0.25) is 0 Å². The second-order valence-electron chi connectivity index (χ2n) is 11.7. The number of nitrogens with zero attached hydrogens (tertiary/aromatic N) is 1. The van der Waals surface area contributed by atoms with Crippen molar-refractivity contribution in [2.75, 3.05) is 47.3 Å². The fourth-order valence-corrected chi connectivity index (χ4v) is 5.08. The zero-order valence-corrected chi connectivity index (χ0v) is 25.5. The zero-order chi connectivity index (χ0) is 27.0. The van der Waals surface area contributed by atoms with E-state index in [1.807, 2.05) is 11.8 Å². The molecule has 6 heteroatoms. The molecule has 1 aromatic rings. The first-order chi connectivity index (χ1) is 17.0. The first-order valence-electron chi connectivity index (χ1n) is 14.2. The highest BCUT2D eigenvalue weighted by Crippen LogP contribution is 2.34. The lowest BCUT2D eigenvalue weighted by molar-refractivity contribution is -0.870. The second kappa shape index (κ2) is 17.1. The highest BCUT2D eigenvalue weighted by molar-refractivity contribution is 8.12. The summed E-state index contributed by atoms with van der Waals surface area (Å²) in [4.78, 5) is 16.5. The molecule has 5 nitrogen and oxygen atoms in total. The van der Waals surface area contributed by atoms with Gasteiger partial charge in [-0.25, -0.2) is 0 Å². The fraction of sp³-hybridized carbons (Fsp3) is 0.733. The van der Waals surface area contributed by atoms with Crippen LogP contribution in [0.4, 0.5) is 0 Å². The fourth-order valence-electron chi connectivity index (χ4n) is 4.16. The molecule has 0 fully saturated rings. The van der Waals surface area contributed by atoms with E-state index in [1.54, 1.807) is 0 Å². The van der Waals surface area contributed by atoms with Crippen molar-refractivity contribution in [2.45, 2.75) is 91.2 Å². The van der Waals surface area contributed by atoms with Gasteiger partial charge in [0.05, 0.1) is 40.8 Å². The van der Waals surface area contributed by atoms with Crippen LogP contribution in [0.3, 0.4) is 0 Å². The van der Waals surface area contributed by atoms with Crippen LogP contribution in [0, 0.1) is 5.41 Å². The Hall–Kier alpha value is -1.53. The van der Waals surface area contributed by atoms with Gasteiger partial charge in [-0.1, -0.05) is 71.7 Å². The standard InChI is InChI=1S/C30H54N4OS/c1-9-12-19-32-29(33-20-13-10-2)36-24-25-15-17-27(18-16-25)26(11-3)23-30(4,5)28(35)31-21-14-22-34(6,7)8/h15-18,26H,9-14,19-24H2,1-8H3,(H-,31,32,33,35)/p+2. The Bertz CT molecular complexity index is 768. The molecule has 206 valence electrons. The lowest BCUT2D eigenvalue weighted by Crippen LogP contribution is -2.75. The van der Waals surface area contributed by atoms with Gasteiger partial charge in [-0.15, -0.1) is 0 Å². The molecule has 0 radical (unpaired) electrons. The van der Waals surface area contributed by atoms with E-state index in [0.717, 1.165) is 55.7 Å². The maximum Gasteiger partial charge on any atom is 0.304 e. The van der Waals surface area contributed by atoms with Gasteiger partial charge in [0.2, 0.25) is 5.91 Å². The van der Waals surface area contributed by atoms with Gasteiger partial charge in [0.25, 0.3) is 0 Å². The quantitative estimate of drug-likeness (QED) is 0.121. The summed E-state index contributed by atoms with van der Waals surface area (Å²) >= 11 is 1.86. The molecule has 0 aliphatic rings. The van der Waals surface area contributed by atoms with Gasteiger partial charge in [-0.2, -0.15) is 0 Å². The highest BCUT2D eigenvalue weighted by atomic mass is 32.2. The molecule has 0 spiro atoms. The van der Waals surface area contributed by atoms with Crippen LogP contribution >= 0.6 is 11.8 Å². The van der Waals surface area contributed by atoms with Crippen LogP contribution in [-0.4, -0.2) is 62.9 Å². The molecule has 0 aliphatic carbocycles. The molecule has 0 saturated carbocycles. The summed E-state index contributed by atoms with van der Waals surface area (Å²) in [6.07, 6.45) is 7.69. The van der Waals surface area contributed by atoms with Crippen molar-refractivity contribution >= 4 is 22.8 Å². The monoisotopic (exact) mass is 520 g/mol. The van der Waals surface area contributed by atoms with Crippen molar-refractivity contribution < 1.29 is 14.3 Å². The molecule has 0 bridgehead atoms. The van der Waals surface area contributed by atoms with Crippen LogP contribution in [0.1, 0.15) is 96.6 Å². The largest absolute Gasteiger partial charge is 0.355 e. The topological polar surface area (TPSA) is 55.1 Å². The summed E-state index contributed by atoms with van der Waals surface area (Å²) < 4.78 is 0.926. The summed E-state index contributed by atoms with van der Waals surface area (Å²) in [6, 6.07) is 9.07. The third-order valence-corrected chi connectivity index (χ3v) is 7.68. The summed E-state index contributed by atoms with van der Waals surface area (Å²) in [5.41, 5.74) is 2.28. The Labute approximate surface area is 226 Å². The molecule has 1 amide bonds. The molecule has 1 atom stereocenters. The van der Waals surface area contributed by atoms with Gasteiger partial charge in [0, 0.05) is 24.1 Å². The van der Waals surface area contributed by atoms with E-state index in [9.17, 15) is 4.79 Å². The molecular formula is C30H56N4OS+2. The summed E-state index contributed by atoms with van der Waals surface area (Å²) in [5.74, 6) is 1.50. The number of quaternary nitrogens is 1. The SMILES string of the molecule is CCCCNC(=[NH+]CCCC)SCc1ccc(C(CC)CC(C)(C)C(=O)NCCC[N+](C)(C)C)cc1. The van der Waals surface area contributed by atoms with E-state index in [1.165, 1.54) is 42.0 Å². The van der Waals surface area contributed by atoms with E-state index < -0.39 is 0 Å². The van der Waals surface area contributed by atoms with Crippen molar-refractivity contribution in [1.82, 2.24) is 10.6 Å². The molecule has 0 saturated heterocycles. The molecule has 0 heterocycles. The average Bonchev–Trinajstić information content (AvgIpc) is 2.83. The van der Waals surface area contributed by atoms with Crippen molar-refractivity contribution in [3.8, 4) is 0 Å². The second-order valence-corrected chi connectivity index (χ2v) is 12.7. The Morgan fingerprint density at radius 3 is 2.19 bits per heavy atom. The van der Waals surface area contributed by atoms with E-state index >= 15 is 0 Å². The maximum absolute atomic E-state index is 12.9. The van der Waals surface area contributed by atoms with Gasteiger partial charge in [-0.05, 0) is 54.5 Å². The number of amidine groups is 1. The van der Waals surface area contributed by atoms with Crippen molar-refractivity contribution in [3.63, 3.8) is 0 Å². The molecule has 0 aromatic heterocycles. The van der Waals surface area contributed by atoms with Crippen molar-refractivity contribution in [1.29, 1.82) is 0 Å². The number of rotatable bonds is 17. The average molecular weight is 521 g/mol. The number of hydrogen-bond donors (Lipinski definition) is 3. The summed E-state index contributed by atoms with van der Waals surface area (Å²) in [5, 5.41) is 7.96. The van der Waals surface area contributed by atoms with Gasteiger partial charge < -0.3 is 9.80 Å². The molecule has 36 heavy (non-hydrogen) atoms. The molecule has 1 unspecified atom stereocenters. The van der Waals surface area contributed by atoms with Crippen LogP contribution in [0.25, 0.3) is 0 Å². The minimum absolute atomic E-state index is 0.171. The van der Waals surface area contributed by atoms with E-state index in [2.05, 4.69) is 95.7 Å². The smallest absolute Gasteiger partial charge is 0.304 e. The van der Waals surface area contributed by atoms with E-state index in [0.29, 0.717) is 5.92 Å². The number of unbranched alkanes of at least 4 members (excludes halogenated alkanes) is 2. The van der Waals surface area contributed by atoms with Crippen LogP contribution in [0.5, 0.6) is 0 Å². The Morgan fingerprint density at radius 1 is 0.972 bits per heavy atom. The lowest BCUT2D eigenvalue weighted by atomic mass is 9.78. The first-order valence-corrected chi connectivity index (χ1v) is 15.2. The number of nitrogens with one attached hydrogen (secondary N) is 3. The van der Waals surface area contributed by atoms with E-state index in [-0.39, 0.29) is 11.3 Å². The number of hydrogen-bond acceptors (Lipinski definition) is 2. The van der Waals surface area contributed by atoms with E-state index in [4.69, 9.17) is 0 Å². The third kappa shape index (κ3) is 13.7. The first kappa shape index (κ1) is 32.5. The number of carbonyl (C=O) groups excluding carboxylic acids is 1. The Kier molecular flexibility index (Phi) is 15.4. The number of carbonyl (C=O) groups is 1. The normalized spacial score (nSPS) is 13.5. The van der Waals surface area contributed by atoms with Crippen LogP contribution < -0.4 is 15.6 Å². The van der Waals surface area contributed by atoms with Gasteiger partial charge >= 0.3 is 5.17 Å². The molecule has 1 aromatic carbocycles. The van der Waals surface area contributed by atoms with Crippen LogP contribution in [-0.2, 0) is 10.5 Å². The van der Waals surface area contributed by atoms with Crippen molar-refractivity contribution in [2.24, 2.45) is 5.41 Å². The predicted molar refractivity (Wildman–Crippen MR) is 158 cm³/mol. The van der Waals surface area contributed by atoms with Gasteiger partial charge in [0.1, 0.15) is 0 Å². The van der Waals surface area contributed by atoms with Crippen molar-refractivity contribution in [3.05, 3.63) is 35.4 Å². The number of benzene rings is 1. The van der Waals surface area contributed by atoms with Gasteiger partial charge in [-0.3, -0.25) is 15.1 Å². The lowest BCUT2D eigenvalue weighted by Gasteiger charge is -2.29. The predicted octanol–water partition coefficient (Wildman–Crippen LogP) is 4.67. The number of amides is 1. The highest BCUT2D eigenvalue weighted by Gasteiger charge is 2.30. The Morgan fingerprint density at radius 2 is 1.61 bits per heavy atom. The molecule has 0 aliphatic heterocycles. The Balaban J connectivity index is 2.67. The van der Waals surface area contributed by atoms with Crippen LogP contribution in [0.15, 0.2) is 24.3 Å². The minimum Gasteiger partial charge on any atom is -0.355 e. The maximum atomic E-state index is 12.9. The zero-order valence-electron chi connectivity index (χ0n) is 24.6. The number of thioether (sulfide) groups is 1. The molecule has 1 rings (SSSR count). The third-order valence-electron chi connectivity index (χ3n) is 6.62. The summed E-state index contributed by atoms with van der Waals surface area (Å²) in [6.45, 7) is 14.7. The minimum atomic E-state index is -0.385. The van der Waals surface area contributed by atoms with Gasteiger partial charge in [0.15, 0.2) is 0 Å². The summed E-state index contributed by atoms with van der Waals surface area (Å²) in [7, 11) is 6.56. The molecule has 3 N–H and O–H groups in total. The molecular weight excluding hydrogens is 464 g/mol.